The normalized spacial score (nSPS) is 11.9. The lowest BCUT2D eigenvalue weighted by Gasteiger charge is -2.09. The van der Waals surface area contributed by atoms with E-state index in [0.717, 1.165) is 16.7 Å². The maximum Gasteiger partial charge on any atom is 0.164 e. The molecule has 11 aromatic rings. The Morgan fingerprint density at radius 3 is 1.67 bits per heavy atom. The molecular formula is C45H26N4S2. The van der Waals surface area contributed by atoms with E-state index in [9.17, 15) is 0 Å². The predicted octanol–water partition coefficient (Wildman–Crippen LogP) is 12.7. The quantitative estimate of drug-likeness (QED) is 0.185. The fourth-order valence-corrected chi connectivity index (χ4v) is 9.90. The van der Waals surface area contributed by atoms with Gasteiger partial charge in [0.1, 0.15) is 0 Å². The summed E-state index contributed by atoms with van der Waals surface area (Å²) in [5.41, 5.74) is 6.57. The summed E-state index contributed by atoms with van der Waals surface area (Å²) in [6.07, 6.45) is 0. The number of thiophene rings is 2. The van der Waals surface area contributed by atoms with Crippen LogP contribution in [-0.2, 0) is 0 Å². The number of nitrogens with zero attached hydrogens (tertiary/aromatic N) is 4. The van der Waals surface area contributed by atoms with Gasteiger partial charge < -0.3 is 4.57 Å². The average molecular weight is 687 g/mol. The van der Waals surface area contributed by atoms with E-state index >= 15 is 0 Å². The monoisotopic (exact) mass is 686 g/mol. The van der Waals surface area contributed by atoms with E-state index < -0.39 is 0 Å². The van der Waals surface area contributed by atoms with Crippen LogP contribution in [-0.4, -0.2) is 19.5 Å². The molecule has 0 spiro atoms. The largest absolute Gasteiger partial charge is 0.308 e. The van der Waals surface area contributed by atoms with Crippen LogP contribution in [0.1, 0.15) is 0 Å². The van der Waals surface area contributed by atoms with Crippen molar-refractivity contribution in [3.05, 3.63) is 158 Å². The zero-order valence-corrected chi connectivity index (χ0v) is 28.7. The van der Waals surface area contributed by atoms with E-state index in [0.29, 0.717) is 17.5 Å². The third kappa shape index (κ3) is 4.47. The van der Waals surface area contributed by atoms with Crippen molar-refractivity contribution in [2.24, 2.45) is 0 Å². The van der Waals surface area contributed by atoms with Gasteiger partial charge in [0, 0.05) is 68.8 Å². The van der Waals surface area contributed by atoms with Crippen LogP contribution in [0.2, 0.25) is 0 Å². The molecular weight excluding hydrogens is 661 g/mol. The van der Waals surface area contributed by atoms with Crippen molar-refractivity contribution < 1.29 is 0 Å². The highest BCUT2D eigenvalue weighted by atomic mass is 32.1. The van der Waals surface area contributed by atoms with Gasteiger partial charge in [0.25, 0.3) is 0 Å². The first kappa shape index (κ1) is 28.6. The molecule has 0 aliphatic rings. The number of para-hydroxylation sites is 1. The summed E-state index contributed by atoms with van der Waals surface area (Å²) in [4.78, 5) is 14.9. The lowest BCUT2D eigenvalue weighted by molar-refractivity contribution is 1.07. The number of rotatable bonds is 4. The smallest absolute Gasteiger partial charge is 0.164 e. The number of benzene rings is 7. The van der Waals surface area contributed by atoms with E-state index in [1.54, 1.807) is 0 Å². The molecule has 51 heavy (non-hydrogen) atoms. The molecule has 0 atom stereocenters. The van der Waals surface area contributed by atoms with Gasteiger partial charge in [-0.15, -0.1) is 22.7 Å². The highest BCUT2D eigenvalue weighted by Crippen LogP contribution is 2.44. The summed E-state index contributed by atoms with van der Waals surface area (Å²) in [6.45, 7) is 0. The van der Waals surface area contributed by atoms with Crippen molar-refractivity contribution in [3.8, 4) is 39.9 Å². The van der Waals surface area contributed by atoms with Crippen LogP contribution in [0.5, 0.6) is 0 Å². The molecule has 0 N–H and O–H groups in total. The van der Waals surface area contributed by atoms with Gasteiger partial charge >= 0.3 is 0 Å². The van der Waals surface area contributed by atoms with Crippen LogP contribution in [0.3, 0.4) is 0 Å². The van der Waals surface area contributed by atoms with Crippen LogP contribution in [0, 0.1) is 0 Å². The van der Waals surface area contributed by atoms with Crippen LogP contribution >= 0.6 is 22.7 Å². The van der Waals surface area contributed by atoms with Crippen LogP contribution in [0.25, 0.3) is 102 Å². The van der Waals surface area contributed by atoms with Crippen molar-refractivity contribution in [1.82, 2.24) is 19.5 Å². The first-order chi connectivity index (χ1) is 25.3. The minimum atomic E-state index is 0.666. The Kier molecular flexibility index (Phi) is 6.26. The molecule has 0 unspecified atom stereocenters. The molecule has 0 fully saturated rings. The third-order valence-corrected chi connectivity index (χ3v) is 12.2. The van der Waals surface area contributed by atoms with Gasteiger partial charge in [-0.25, -0.2) is 15.0 Å². The van der Waals surface area contributed by atoms with Gasteiger partial charge in [-0.2, -0.15) is 0 Å². The first-order valence-electron chi connectivity index (χ1n) is 16.9. The standard InChI is InChI=1S/C45H26N4S2/c1-3-11-27(12-4-1)43-46-44(28-13-5-2-6-14-28)48-45(47-43)29-19-21-33-34-22-20-30(26-40(34)50-39(33)25-29)49-37-17-9-7-15-31(37)35-23-24-36-32-16-8-10-18-38(32)51-42(36)41(35)49/h1-26H. The zero-order chi connectivity index (χ0) is 33.5. The van der Waals surface area contributed by atoms with Gasteiger partial charge in [-0.3, -0.25) is 0 Å². The molecule has 0 aliphatic heterocycles. The maximum atomic E-state index is 4.99. The summed E-state index contributed by atoms with van der Waals surface area (Å²) in [7, 11) is 0. The molecule has 4 heterocycles. The predicted molar refractivity (Wildman–Crippen MR) is 216 cm³/mol. The molecule has 0 bridgehead atoms. The molecule has 0 saturated carbocycles. The minimum absolute atomic E-state index is 0.666. The minimum Gasteiger partial charge on any atom is -0.308 e. The lowest BCUT2D eigenvalue weighted by atomic mass is 10.1. The number of fused-ring (bicyclic) bond motifs is 10. The topological polar surface area (TPSA) is 43.6 Å². The molecule has 4 aromatic heterocycles. The molecule has 0 saturated heterocycles. The Bertz CT molecular complexity index is 3080. The Labute approximate surface area is 300 Å². The second-order valence-electron chi connectivity index (χ2n) is 12.8. The van der Waals surface area contributed by atoms with Crippen LogP contribution in [0.4, 0.5) is 0 Å². The fraction of sp³-hybridized carbons (Fsp3) is 0. The van der Waals surface area contributed by atoms with E-state index in [2.05, 4.69) is 102 Å². The first-order valence-corrected chi connectivity index (χ1v) is 18.6. The van der Waals surface area contributed by atoms with Gasteiger partial charge in [-0.05, 0) is 30.3 Å². The third-order valence-electron chi connectivity index (χ3n) is 9.85. The molecule has 0 radical (unpaired) electrons. The highest BCUT2D eigenvalue weighted by molar-refractivity contribution is 7.26. The summed E-state index contributed by atoms with van der Waals surface area (Å²) >= 11 is 3.71. The number of hydrogen-bond acceptors (Lipinski definition) is 5. The van der Waals surface area contributed by atoms with E-state index in [1.807, 2.05) is 83.3 Å². The van der Waals surface area contributed by atoms with Crippen molar-refractivity contribution >= 4 is 84.8 Å². The average Bonchev–Trinajstić information content (AvgIpc) is 3.87. The van der Waals surface area contributed by atoms with E-state index in [1.165, 1.54) is 67.8 Å². The van der Waals surface area contributed by atoms with Gasteiger partial charge in [-0.1, -0.05) is 127 Å². The summed E-state index contributed by atoms with van der Waals surface area (Å²) in [6, 6.07) is 56.0. The van der Waals surface area contributed by atoms with Crippen molar-refractivity contribution in [3.63, 3.8) is 0 Å². The zero-order valence-electron chi connectivity index (χ0n) is 27.1. The highest BCUT2D eigenvalue weighted by Gasteiger charge is 2.19. The number of aromatic nitrogens is 4. The van der Waals surface area contributed by atoms with Crippen molar-refractivity contribution in [2.45, 2.75) is 0 Å². The molecule has 11 rings (SSSR count). The van der Waals surface area contributed by atoms with Gasteiger partial charge in [0.05, 0.1) is 15.7 Å². The van der Waals surface area contributed by atoms with E-state index in [-0.39, 0.29) is 0 Å². The summed E-state index contributed by atoms with van der Waals surface area (Å²) in [5.74, 6) is 2.00. The van der Waals surface area contributed by atoms with Crippen LogP contribution < -0.4 is 0 Å². The Balaban J connectivity index is 1.09. The molecule has 6 heteroatoms. The Hall–Kier alpha value is -6.21. The SMILES string of the molecule is c1ccc(-c2nc(-c3ccccc3)nc(-c3ccc4c(c3)sc3cc(-n5c6ccccc6c6ccc7c8ccccc8sc7c65)ccc34)n2)cc1. The van der Waals surface area contributed by atoms with Crippen LogP contribution in [0.15, 0.2) is 158 Å². The Morgan fingerprint density at radius 2 is 0.922 bits per heavy atom. The van der Waals surface area contributed by atoms with Gasteiger partial charge in [0.2, 0.25) is 0 Å². The summed E-state index contributed by atoms with van der Waals surface area (Å²) < 4.78 is 7.57. The lowest BCUT2D eigenvalue weighted by Crippen LogP contribution is -1.99. The van der Waals surface area contributed by atoms with Crippen molar-refractivity contribution in [1.29, 1.82) is 0 Å². The van der Waals surface area contributed by atoms with E-state index in [4.69, 9.17) is 15.0 Å². The molecule has 4 nitrogen and oxygen atoms in total. The number of hydrogen-bond donors (Lipinski definition) is 0. The van der Waals surface area contributed by atoms with Crippen molar-refractivity contribution in [2.75, 3.05) is 0 Å². The summed E-state index contributed by atoms with van der Waals surface area (Å²) in [5, 5.41) is 7.68. The maximum absolute atomic E-state index is 4.99. The molecule has 238 valence electrons. The molecule has 7 aromatic carbocycles. The second-order valence-corrected chi connectivity index (χ2v) is 15.0. The fourth-order valence-electron chi connectivity index (χ4n) is 7.48. The molecule has 0 aliphatic carbocycles. The Morgan fingerprint density at radius 1 is 0.373 bits per heavy atom. The second kappa shape index (κ2) is 11.2. The molecule has 0 amide bonds. The van der Waals surface area contributed by atoms with Gasteiger partial charge in [0.15, 0.2) is 17.5 Å².